The first kappa shape index (κ1) is 15.1. The van der Waals surface area contributed by atoms with Crippen LogP contribution in [-0.2, 0) is 5.41 Å². The number of amides is 1. The van der Waals surface area contributed by atoms with E-state index in [0.29, 0.717) is 5.69 Å². The molecule has 0 aliphatic carbocycles. The van der Waals surface area contributed by atoms with Crippen molar-refractivity contribution < 1.29 is 4.79 Å². The van der Waals surface area contributed by atoms with Crippen LogP contribution in [0.5, 0.6) is 0 Å². The summed E-state index contributed by atoms with van der Waals surface area (Å²) in [5, 5.41) is 0. The molecule has 0 unspecified atom stereocenters. The number of nitrogens with zero attached hydrogens (tertiary/aromatic N) is 1. The summed E-state index contributed by atoms with van der Waals surface area (Å²) in [6.45, 7) is 6.34. The number of nitrogen functional groups attached to an aromatic ring is 1. The summed E-state index contributed by atoms with van der Waals surface area (Å²) in [6, 6.07) is 15.1. The van der Waals surface area contributed by atoms with Crippen LogP contribution in [0.3, 0.4) is 0 Å². The predicted molar refractivity (Wildman–Crippen MR) is 88.7 cm³/mol. The van der Waals surface area contributed by atoms with E-state index in [0.717, 1.165) is 16.8 Å². The van der Waals surface area contributed by atoms with Gasteiger partial charge in [0.1, 0.15) is 0 Å². The molecular weight excluding hydrogens is 260 g/mol. The van der Waals surface area contributed by atoms with E-state index in [1.54, 1.807) is 24.1 Å². The first-order valence-corrected chi connectivity index (χ1v) is 7.04. The Labute approximate surface area is 126 Å². The van der Waals surface area contributed by atoms with E-state index in [2.05, 4.69) is 20.8 Å². The number of nitrogens with two attached hydrogens (primary N) is 1. The molecule has 0 aliphatic heterocycles. The average molecular weight is 282 g/mol. The second kappa shape index (κ2) is 5.60. The second-order valence-electron chi connectivity index (χ2n) is 6.25. The van der Waals surface area contributed by atoms with Gasteiger partial charge < -0.3 is 10.6 Å². The number of hydrogen-bond donors (Lipinski definition) is 1. The number of rotatable bonds is 2. The highest BCUT2D eigenvalue weighted by Crippen LogP contribution is 2.27. The lowest BCUT2D eigenvalue weighted by molar-refractivity contribution is 0.0991. The lowest BCUT2D eigenvalue weighted by Crippen LogP contribution is -2.29. The predicted octanol–water partition coefficient (Wildman–Crippen LogP) is 3.84. The lowest BCUT2D eigenvalue weighted by Gasteiger charge is -2.25. The van der Waals surface area contributed by atoms with E-state index >= 15 is 0 Å². The number of hydrogen-bond acceptors (Lipinski definition) is 2. The third-order valence-corrected chi connectivity index (χ3v) is 3.55. The minimum Gasteiger partial charge on any atom is -0.399 e. The van der Waals surface area contributed by atoms with E-state index in [9.17, 15) is 4.79 Å². The fourth-order valence-corrected chi connectivity index (χ4v) is 2.32. The standard InChI is InChI=1S/C18H22N2O/c1-18(2,3)16-8-6-5-7-15(16)17(21)20(4)14-11-9-13(19)10-12-14/h5-12H,19H2,1-4H3. The van der Waals surface area contributed by atoms with E-state index in [4.69, 9.17) is 5.73 Å². The van der Waals surface area contributed by atoms with Crippen molar-refractivity contribution in [3.8, 4) is 0 Å². The molecule has 0 radical (unpaired) electrons. The zero-order valence-electron chi connectivity index (χ0n) is 13.1. The first-order valence-electron chi connectivity index (χ1n) is 7.04. The quantitative estimate of drug-likeness (QED) is 0.851. The van der Waals surface area contributed by atoms with Crippen LogP contribution in [0.1, 0.15) is 36.7 Å². The van der Waals surface area contributed by atoms with Crippen molar-refractivity contribution >= 4 is 17.3 Å². The molecule has 0 fully saturated rings. The third-order valence-electron chi connectivity index (χ3n) is 3.55. The molecule has 0 atom stereocenters. The molecule has 0 aromatic heterocycles. The van der Waals surface area contributed by atoms with Crippen molar-refractivity contribution in [2.45, 2.75) is 26.2 Å². The van der Waals surface area contributed by atoms with Gasteiger partial charge in [0.15, 0.2) is 0 Å². The van der Waals surface area contributed by atoms with Crippen LogP contribution in [0.2, 0.25) is 0 Å². The molecule has 0 aliphatic rings. The van der Waals surface area contributed by atoms with Crippen LogP contribution in [0.25, 0.3) is 0 Å². The average Bonchev–Trinajstić information content (AvgIpc) is 2.45. The van der Waals surface area contributed by atoms with E-state index < -0.39 is 0 Å². The fraction of sp³-hybridized carbons (Fsp3) is 0.278. The van der Waals surface area contributed by atoms with Crippen LogP contribution in [0, 0.1) is 0 Å². The van der Waals surface area contributed by atoms with Gasteiger partial charge in [0.25, 0.3) is 5.91 Å². The van der Waals surface area contributed by atoms with Crippen molar-refractivity contribution in [3.63, 3.8) is 0 Å². The van der Waals surface area contributed by atoms with Crippen molar-refractivity contribution in [2.24, 2.45) is 0 Å². The molecule has 2 aromatic rings. The summed E-state index contributed by atoms with van der Waals surface area (Å²) >= 11 is 0. The maximum atomic E-state index is 12.8. The first-order chi connectivity index (χ1) is 9.80. The lowest BCUT2D eigenvalue weighted by atomic mass is 9.83. The maximum absolute atomic E-state index is 12.8. The summed E-state index contributed by atoms with van der Waals surface area (Å²) in [5.74, 6) is -0.00898. The Morgan fingerprint density at radius 1 is 1.00 bits per heavy atom. The summed E-state index contributed by atoms with van der Waals surface area (Å²) < 4.78 is 0. The summed E-state index contributed by atoms with van der Waals surface area (Å²) in [6.07, 6.45) is 0. The number of anilines is 2. The Bertz CT molecular complexity index is 639. The van der Waals surface area contributed by atoms with Crippen LogP contribution >= 0.6 is 0 Å². The topological polar surface area (TPSA) is 46.3 Å². The third kappa shape index (κ3) is 3.24. The molecule has 2 rings (SSSR count). The van der Waals surface area contributed by atoms with Gasteiger partial charge in [-0.25, -0.2) is 0 Å². The maximum Gasteiger partial charge on any atom is 0.258 e. The molecule has 0 saturated heterocycles. The summed E-state index contributed by atoms with van der Waals surface area (Å²) in [5.41, 5.74) is 8.93. The Hall–Kier alpha value is -2.29. The van der Waals surface area contributed by atoms with Crippen molar-refractivity contribution in [1.82, 2.24) is 0 Å². The molecule has 0 bridgehead atoms. The molecule has 0 heterocycles. The van der Waals surface area contributed by atoms with Gasteiger partial charge in [0, 0.05) is 24.0 Å². The van der Waals surface area contributed by atoms with Crippen LogP contribution in [-0.4, -0.2) is 13.0 Å². The molecule has 2 N–H and O–H groups in total. The Kier molecular flexibility index (Phi) is 4.03. The van der Waals surface area contributed by atoms with E-state index in [-0.39, 0.29) is 11.3 Å². The molecule has 0 saturated carbocycles. The second-order valence-corrected chi connectivity index (χ2v) is 6.25. The fourth-order valence-electron chi connectivity index (χ4n) is 2.32. The minimum atomic E-state index is -0.0752. The molecule has 3 heteroatoms. The monoisotopic (exact) mass is 282 g/mol. The molecular formula is C18H22N2O. The van der Waals surface area contributed by atoms with Gasteiger partial charge in [-0.3, -0.25) is 4.79 Å². The molecule has 2 aromatic carbocycles. The van der Waals surface area contributed by atoms with Crippen LogP contribution in [0.15, 0.2) is 48.5 Å². The SMILES string of the molecule is CN(C(=O)c1ccccc1C(C)(C)C)c1ccc(N)cc1. The smallest absolute Gasteiger partial charge is 0.258 e. The number of benzene rings is 2. The molecule has 1 amide bonds. The van der Waals surface area contributed by atoms with Gasteiger partial charge in [-0.05, 0) is 41.3 Å². The van der Waals surface area contributed by atoms with Crippen LogP contribution < -0.4 is 10.6 Å². The van der Waals surface area contributed by atoms with E-state index in [1.807, 2.05) is 36.4 Å². The van der Waals surface area contributed by atoms with Crippen LogP contribution in [0.4, 0.5) is 11.4 Å². The summed E-state index contributed by atoms with van der Waals surface area (Å²) in [4.78, 5) is 14.4. The normalized spacial score (nSPS) is 11.2. The molecule has 0 spiro atoms. The molecule has 3 nitrogen and oxygen atoms in total. The Morgan fingerprint density at radius 2 is 1.57 bits per heavy atom. The van der Waals surface area contributed by atoms with Gasteiger partial charge in [-0.1, -0.05) is 39.0 Å². The molecule has 21 heavy (non-hydrogen) atoms. The Balaban J connectivity index is 2.38. The zero-order chi connectivity index (χ0) is 15.6. The largest absolute Gasteiger partial charge is 0.399 e. The number of carbonyl (C=O) groups excluding carboxylic acids is 1. The van der Waals surface area contributed by atoms with Crippen molar-refractivity contribution in [2.75, 3.05) is 17.7 Å². The zero-order valence-corrected chi connectivity index (χ0v) is 13.1. The van der Waals surface area contributed by atoms with Crippen molar-refractivity contribution in [3.05, 3.63) is 59.7 Å². The van der Waals surface area contributed by atoms with Gasteiger partial charge >= 0.3 is 0 Å². The molecule has 110 valence electrons. The summed E-state index contributed by atoms with van der Waals surface area (Å²) in [7, 11) is 1.79. The highest BCUT2D eigenvalue weighted by atomic mass is 16.2. The Morgan fingerprint density at radius 3 is 2.14 bits per heavy atom. The van der Waals surface area contributed by atoms with Crippen molar-refractivity contribution in [1.29, 1.82) is 0 Å². The number of carbonyl (C=O) groups is 1. The van der Waals surface area contributed by atoms with Gasteiger partial charge in [-0.2, -0.15) is 0 Å². The minimum absolute atomic E-state index is 0.00898. The highest BCUT2D eigenvalue weighted by molar-refractivity contribution is 6.07. The van der Waals surface area contributed by atoms with Gasteiger partial charge in [-0.15, -0.1) is 0 Å². The van der Waals surface area contributed by atoms with Gasteiger partial charge in [0.05, 0.1) is 0 Å². The highest BCUT2D eigenvalue weighted by Gasteiger charge is 2.23. The van der Waals surface area contributed by atoms with Gasteiger partial charge in [0.2, 0.25) is 0 Å². The van der Waals surface area contributed by atoms with E-state index in [1.165, 1.54) is 0 Å².